The van der Waals surface area contributed by atoms with Crippen molar-refractivity contribution in [2.24, 2.45) is 56.2 Å². The highest BCUT2D eigenvalue weighted by molar-refractivity contribution is 6.00. The number of nitrogens with zero attached hydrogens (tertiary/aromatic N) is 3. The Morgan fingerprint density at radius 3 is 2.26 bits per heavy atom. The molecule has 316 valence electrons. The first-order chi connectivity index (χ1) is 26.4. The second-order valence-electron chi connectivity index (χ2n) is 21.4. The molecule has 10 heteroatoms. The number of likely N-dealkylation sites (N-methyl/N-ethyl adjacent to an activating group) is 1. The summed E-state index contributed by atoms with van der Waals surface area (Å²) >= 11 is 0. The number of carboxylic acids is 1. The molecule has 0 radical (unpaired) electrons. The summed E-state index contributed by atoms with van der Waals surface area (Å²) in [5.41, 5.74) is 0.583. The lowest BCUT2D eigenvalue weighted by Gasteiger charge is -2.72. The highest BCUT2D eigenvalue weighted by atomic mass is 16.5. The van der Waals surface area contributed by atoms with Crippen LogP contribution >= 0.6 is 0 Å². The van der Waals surface area contributed by atoms with Crippen LogP contribution in [-0.2, 0) is 30.5 Å². The van der Waals surface area contributed by atoms with Crippen LogP contribution in [0.5, 0.6) is 0 Å². The van der Waals surface area contributed by atoms with Crippen LogP contribution in [0.3, 0.4) is 0 Å². The molecule has 4 fully saturated rings. The van der Waals surface area contributed by atoms with Gasteiger partial charge in [-0.15, -0.1) is 0 Å². The van der Waals surface area contributed by atoms with Crippen LogP contribution in [0.1, 0.15) is 132 Å². The van der Waals surface area contributed by atoms with E-state index in [1.54, 1.807) is 24.9 Å². The number of hydrogen-bond donors (Lipinski definition) is 2. The fourth-order valence-electron chi connectivity index (χ4n) is 13.6. The summed E-state index contributed by atoms with van der Waals surface area (Å²) in [7, 11) is 3.74. The summed E-state index contributed by atoms with van der Waals surface area (Å²) in [5, 5.41) is 22.2. The maximum Gasteiger partial charge on any atom is 0.309 e. The van der Waals surface area contributed by atoms with Gasteiger partial charge in [-0.1, -0.05) is 60.1 Å². The second kappa shape index (κ2) is 15.2. The molecular weight excluding hydrogens is 719 g/mol. The number of rotatable bonds is 12. The Balaban J connectivity index is 1.30. The Labute approximate surface area is 341 Å². The van der Waals surface area contributed by atoms with Crippen molar-refractivity contribution >= 4 is 23.6 Å². The number of pyridine rings is 1. The van der Waals surface area contributed by atoms with E-state index in [9.17, 15) is 29.4 Å². The number of carbonyl (C=O) groups excluding carboxylic acids is 3. The molecule has 57 heavy (non-hydrogen) atoms. The molecule has 0 bridgehead atoms. The maximum atomic E-state index is 14.3. The number of ether oxygens (including phenoxy) is 1. The Kier molecular flexibility index (Phi) is 11.6. The van der Waals surface area contributed by atoms with E-state index in [-0.39, 0.29) is 70.8 Å². The maximum absolute atomic E-state index is 14.3. The largest absolute Gasteiger partial charge is 0.481 e. The first kappa shape index (κ1) is 43.5. The topological polar surface area (TPSA) is 137 Å². The predicted octanol–water partition coefficient (Wildman–Crippen LogP) is 7.73. The van der Waals surface area contributed by atoms with Gasteiger partial charge in [0.1, 0.15) is 6.10 Å². The minimum Gasteiger partial charge on any atom is -0.481 e. The summed E-state index contributed by atoms with van der Waals surface area (Å²) in [5.74, 6) is -0.419. The highest BCUT2D eigenvalue weighted by Crippen LogP contribution is 2.77. The molecule has 1 aromatic rings. The van der Waals surface area contributed by atoms with E-state index < -0.39 is 28.9 Å². The molecule has 5 aliphatic rings. The van der Waals surface area contributed by atoms with Gasteiger partial charge in [-0.2, -0.15) is 0 Å². The van der Waals surface area contributed by atoms with Gasteiger partial charge in [-0.3, -0.25) is 24.2 Å². The number of hydrogen-bond acceptors (Lipinski definition) is 8. The zero-order chi connectivity index (χ0) is 42.1. The van der Waals surface area contributed by atoms with Gasteiger partial charge in [0.2, 0.25) is 5.91 Å². The number of esters is 1. The van der Waals surface area contributed by atoms with E-state index in [2.05, 4.69) is 53.5 Å². The summed E-state index contributed by atoms with van der Waals surface area (Å²) in [4.78, 5) is 61.1. The average molecular weight is 790 g/mol. The summed E-state index contributed by atoms with van der Waals surface area (Å²) in [6.45, 7) is 20.1. The van der Waals surface area contributed by atoms with Crippen molar-refractivity contribution in [2.75, 3.05) is 27.2 Å². The minimum atomic E-state index is -1.18. The molecular formula is C47H71N3O7. The van der Waals surface area contributed by atoms with Gasteiger partial charge in [0, 0.05) is 30.0 Å². The molecule has 0 saturated heterocycles. The van der Waals surface area contributed by atoms with Crippen LogP contribution in [0.25, 0.3) is 0 Å². The Morgan fingerprint density at radius 2 is 1.65 bits per heavy atom. The predicted molar refractivity (Wildman–Crippen MR) is 220 cm³/mol. The minimum absolute atomic E-state index is 0.0152. The number of aliphatic carboxylic acids is 1. The molecule has 9 atom stereocenters. The number of carboxylic acid groups (broad SMARTS) is 1. The van der Waals surface area contributed by atoms with Crippen molar-refractivity contribution in [3.8, 4) is 0 Å². The molecule has 1 heterocycles. The van der Waals surface area contributed by atoms with Gasteiger partial charge in [0.25, 0.3) is 0 Å². The number of Topliss-reactive ketones (excluding diaryl/α,β-unsaturated/α-hetero) is 1. The average Bonchev–Trinajstić information content (AvgIpc) is 3.42. The number of ketones is 1. The van der Waals surface area contributed by atoms with E-state index in [0.29, 0.717) is 31.2 Å². The Morgan fingerprint density at radius 1 is 0.947 bits per heavy atom. The number of aliphatic hydroxyl groups excluding tert-OH is 1. The van der Waals surface area contributed by atoms with Crippen LogP contribution < -0.4 is 0 Å². The monoisotopic (exact) mass is 790 g/mol. The zero-order valence-corrected chi connectivity index (χ0v) is 36.7. The first-order valence-corrected chi connectivity index (χ1v) is 21.7. The van der Waals surface area contributed by atoms with Gasteiger partial charge in [0.05, 0.1) is 36.7 Å². The molecule has 2 N–H and O–H groups in total. The molecule has 0 spiro atoms. The van der Waals surface area contributed by atoms with Crippen LogP contribution in [0.4, 0.5) is 0 Å². The lowest BCUT2D eigenvalue weighted by Crippen LogP contribution is -2.66. The van der Waals surface area contributed by atoms with E-state index >= 15 is 0 Å². The van der Waals surface area contributed by atoms with Gasteiger partial charge in [-0.25, -0.2) is 0 Å². The van der Waals surface area contributed by atoms with E-state index in [1.807, 2.05) is 37.2 Å². The summed E-state index contributed by atoms with van der Waals surface area (Å²) in [6, 6.07) is 5.68. The van der Waals surface area contributed by atoms with E-state index in [4.69, 9.17) is 4.74 Å². The first-order valence-electron chi connectivity index (χ1n) is 21.7. The third kappa shape index (κ3) is 7.20. The molecule has 1 aromatic heterocycles. The number of aromatic nitrogens is 1. The number of fused-ring (bicyclic) bond motifs is 7. The molecule has 0 aliphatic heterocycles. The number of carbonyl (C=O) groups is 4. The second-order valence-corrected chi connectivity index (χ2v) is 21.4. The lowest BCUT2D eigenvalue weighted by atomic mass is 9.33. The highest BCUT2D eigenvalue weighted by Gasteiger charge is 2.71. The fourth-order valence-corrected chi connectivity index (χ4v) is 13.6. The summed E-state index contributed by atoms with van der Waals surface area (Å²) in [6.07, 6.45) is 8.01. The zero-order valence-electron chi connectivity index (χ0n) is 36.7. The molecule has 4 saturated carbocycles. The number of allylic oxidation sites excluding steroid dienone is 1. The Bertz CT molecular complexity index is 1770. The molecule has 1 amide bonds. The smallest absolute Gasteiger partial charge is 0.309 e. The Hall–Kier alpha value is -3.11. The van der Waals surface area contributed by atoms with Gasteiger partial charge in [0.15, 0.2) is 5.78 Å². The molecule has 1 unspecified atom stereocenters. The quantitative estimate of drug-likeness (QED) is 0.204. The van der Waals surface area contributed by atoms with Crippen LogP contribution in [0.15, 0.2) is 35.5 Å². The van der Waals surface area contributed by atoms with Crippen LogP contribution in [-0.4, -0.2) is 88.0 Å². The molecule has 6 rings (SSSR count). The lowest BCUT2D eigenvalue weighted by molar-refractivity contribution is -0.235. The normalized spacial score (nSPS) is 35.2. The van der Waals surface area contributed by atoms with Crippen molar-refractivity contribution in [3.05, 3.63) is 41.2 Å². The molecule has 5 aliphatic carbocycles. The number of amides is 1. The van der Waals surface area contributed by atoms with Crippen molar-refractivity contribution in [1.29, 1.82) is 0 Å². The third-order valence-electron chi connectivity index (χ3n) is 16.8. The molecule has 0 aromatic carbocycles. The third-order valence-corrected chi connectivity index (χ3v) is 16.8. The van der Waals surface area contributed by atoms with Gasteiger partial charge < -0.3 is 24.7 Å². The molecule has 10 nitrogen and oxygen atoms in total. The van der Waals surface area contributed by atoms with Gasteiger partial charge >= 0.3 is 11.9 Å². The van der Waals surface area contributed by atoms with E-state index in [0.717, 1.165) is 56.2 Å². The number of aliphatic hydroxyl groups is 1. The van der Waals surface area contributed by atoms with Crippen LogP contribution in [0, 0.1) is 56.2 Å². The van der Waals surface area contributed by atoms with Crippen molar-refractivity contribution in [1.82, 2.24) is 14.8 Å². The fraction of sp³-hybridized carbons (Fsp3) is 0.766. The SMILES string of the molecule is CC(C)C1=C2[C@H]3CCC4[C@@]5(C)CC[C@H](OC(=O)CC(C)(C)C(=O)O)C(C)(C)[C@@H]5CC[C@@]4(C)[C@]3(C)CC[C@@]2([C@@H](O)CN(Cc2ccccn2)C(=O)CN(C)C)CC1=O. The standard InChI is InChI=1S/C47H71N3O7/c1-29(2)39-32(51)24-47(35(52)27-50(37(53)28-49(10)11)26-30-14-12-13-23-48-30)22-21-45(8)31(40(39)47)15-16-34-44(7)19-18-36(57-38(54)25-42(3,4)41(55)56)43(5,6)33(44)17-20-46(34,45)9/h12-14,23,29,31,33-36,52H,15-22,24-28H2,1-11H3,(H,55,56)/t31-,33+,34?,35+,36+,44+,45-,46-,47+/m1/s1. The van der Waals surface area contributed by atoms with Crippen molar-refractivity contribution in [3.63, 3.8) is 0 Å². The summed E-state index contributed by atoms with van der Waals surface area (Å²) < 4.78 is 6.18. The van der Waals surface area contributed by atoms with Crippen molar-refractivity contribution < 1.29 is 34.1 Å². The van der Waals surface area contributed by atoms with Gasteiger partial charge in [-0.05, 0) is 137 Å². The van der Waals surface area contributed by atoms with Crippen molar-refractivity contribution in [2.45, 2.75) is 145 Å². The van der Waals surface area contributed by atoms with Crippen LogP contribution in [0.2, 0.25) is 0 Å². The van der Waals surface area contributed by atoms with E-state index in [1.165, 1.54) is 5.57 Å².